The fraction of sp³-hybridized carbons (Fsp3) is 0.417. The fourth-order valence-electron chi connectivity index (χ4n) is 4.56. The van der Waals surface area contributed by atoms with Crippen LogP contribution in [0.2, 0.25) is 0 Å². The van der Waals surface area contributed by atoms with Crippen molar-refractivity contribution in [3.8, 4) is 5.75 Å². The maximum atomic E-state index is 12.5. The molecule has 0 N–H and O–H groups in total. The number of hydrogen-bond acceptors (Lipinski definition) is 3. The van der Waals surface area contributed by atoms with E-state index in [1.807, 2.05) is 12.1 Å². The Hall–Kier alpha value is -2.82. The van der Waals surface area contributed by atoms with Crippen molar-refractivity contribution in [1.29, 1.82) is 0 Å². The normalized spacial score (nSPS) is 19.3. The third-order valence-corrected chi connectivity index (χ3v) is 5.97. The van der Waals surface area contributed by atoms with Crippen molar-refractivity contribution < 1.29 is 9.53 Å². The minimum Gasteiger partial charge on any atom is -0.492 e. The van der Waals surface area contributed by atoms with Crippen LogP contribution in [-0.2, 0) is 11.3 Å². The maximum Gasteiger partial charge on any atom is 0.223 e. The second-order valence-electron chi connectivity index (χ2n) is 8.46. The molecule has 5 rings (SSSR count). The first-order chi connectivity index (χ1) is 14.1. The van der Waals surface area contributed by atoms with Gasteiger partial charge in [0.2, 0.25) is 5.91 Å². The van der Waals surface area contributed by atoms with Crippen molar-refractivity contribution in [2.24, 2.45) is 0 Å². The van der Waals surface area contributed by atoms with E-state index in [4.69, 9.17) is 9.72 Å². The molecule has 0 radical (unpaired) electrons. The lowest BCUT2D eigenvalue weighted by atomic mass is 10.1. The van der Waals surface area contributed by atoms with E-state index in [0.717, 1.165) is 48.5 Å². The molecule has 1 aliphatic carbocycles. The zero-order valence-electron chi connectivity index (χ0n) is 17.1. The summed E-state index contributed by atoms with van der Waals surface area (Å²) in [6, 6.07) is 15.0. The van der Waals surface area contributed by atoms with Crippen LogP contribution in [0.4, 0.5) is 0 Å². The minimum atomic E-state index is 0.164. The molecule has 1 atom stereocenters. The smallest absolute Gasteiger partial charge is 0.223 e. The number of carbonyl (C=O) groups excluding carboxylic acids is 1. The van der Waals surface area contributed by atoms with E-state index in [0.29, 0.717) is 19.1 Å². The molecular weight excluding hydrogens is 362 g/mol. The van der Waals surface area contributed by atoms with E-state index in [1.54, 1.807) is 0 Å². The summed E-state index contributed by atoms with van der Waals surface area (Å²) in [6.07, 6.45) is 2.87. The average molecular weight is 389 g/mol. The lowest BCUT2D eigenvalue weighted by Crippen LogP contribution is -2.27. The van der Waals surface area contributed by atoms with Gasteiger partial charge >= 0.3 is 0 Å². The lowest BCUT2D eigenvalue weighted by molar-refractivity contribution is -0.128. The van der Waals surface area contributed by atoms with Crippen LogP contribution in [0.5, 0.6) is 5.75 Å². The van der Waals surface area contributed by atoms with Crippen molar-refractivity contribution in [3.63, 3.8) is 0 Å². The van der Waals surface area contributed by atoms with E-state index in [9.17, 15) is 4.79 Å². The highest BCUT2D eigenvalue weighted by atomic mass is 16.5. The Morgan fingerprint density at radius 2 is 1.86 bits per heavy atom. The number of para-hydroxylation sites is 2. The molecule has 5 heteroatoms. The highest BCUT2D eigenvalue weighted by Crippen LogP contribution is 2.37. The van der Waals surface area contributed by atoms with Crippen molar-refractivity contribution in [3.05, 3.63) is 59.4 Å². The summed E-state index contributed by atoms with van der Waals surface area (Å²) in [6.45, 7) is 6.26. The fourth-order valence-corrected chi connectivity index (χ4v) is 4.56. The number of rotatable bonds is 6. The molecule has 1 amide bonds. The Morgan fingerprint density at radius 3 is 2.62 bits per heavy atom. The van der Waals surface area contributed by atoms with Crippen LogP contribution < -0.4 is 4.74 Å². The molecule has 1 saturated carbocycles. The first-order valence-corrected chi connectivity index (χ1v) is 10.5. The Labute approximate surface area is 171 Å². The summed E-state index contributed by atoms with van der Waals surface area (Å²) in [7, 11) is 0. The van der Waals surface area contributed by atoms with Gasteiger partial charge in [0, 0.05) is 24.9 Å². The SMILES string of the molecule is Cc1cc(C)cc(OCCn2c(C3CC(=O)N(C4CC4)C3)nc3ccccc32)c1. The molecule has 3 aromatic rings. The number of aromatic nitrogens is 2. The number of carbonyl (C=O) groups is 1. The molecule has 1 unspecified atom stereocenters. The zero-order chi connectivity index (χ0) is 20.0. The largest absolute Gasteiger partial charge is 0.492 e. The molecule has 0 spiro atoms. The Balaban J connectivity index is 1.39. The van der Waals surface area contributed by atoms with Crippen molar-refractivity contribution in [1.82, 2.24) is 14.5 Å². The average Bonchev–Trinajstić information content (AvgIpc) is 3.36. The second kappa shape index (κ2) is 7.21. The van der Waals surface area contributed by atoms with Crippen LogP contribution in [0.25, 0.3) is 11.0 Å². The Bertz CT molecular complexity index is 1050. The highest BCUT2D eigenvalue weighted by Gasteiger charge is 2.41. The van der Waals surface area contributed by atoms with Gasteiger partial charge in [0.05, 0.1) is 17.6 Å². The van der Waals surface area contributed by atoms with Crippen LogP contribution in [0.15, 0.2) is 42.5 Å². The Kier molecular flexibility index (Phi) is 4.53. The van der Waals surface area contributed by atoms with Gasteiger partial charge in [-0.1, -0.05) is 18.2 Å². The van der Waals surface area contributed by atoms with Crippen LogP contribution in [0.3, 0.4) is 0 Å². The quantitative estimate of drug-likeness (QED) is 0.634. The molecule has 2 aromatic carbocycles. The number of nitrogens with zero attached hydrogens (tertiary/aromatic N) is 3. The third-order valence-electron chi connectivity index (χ3n) is 5.97. The summed E-state index contributed by atoms with van der Waals surface area (Å²) >= 11 is 0. The van der Waals surface area contributed by atoms with Gasteiger partial charge in [-0.2, -0.15) is 0 Å². The summed E-state index contributed by atoms with van der Waals surface area (Å²) in [5.74, 6) is 2.37. The van der Waals surface area contributed by atoms with Gasteiger partial charge < -0.3 is 14.2 Å². The molecule has 2 aliphatic rings. The number of amides is 1. The first kappa shape index (κ1) is 18.2. The number of ether oxygens (including phenoxy) is 1. The van der Waals surface area contributed by atoms with E-state index < -0.39 is 0 Å². The summed E-state index contributed by atoms with van der Waals surface area (Å²) in [4.78, 5) is 19.5. The van der Waals surface area contributed by atoms with Crippen molar-refractivity contribution >= 4 is 16.9 Å². The molecule has 1 saturated heterocycles. The van der Waals surface area contributed by atoms with Gasteiger partial charge in [0.1, 0.15) is 18.2 Å². The molecule has 5 nitrogen and oxygen atoms in total. The summed E-state index contributed by atoms with van der Waals surface area (Å²) < 4.78 is 8.33. The Morgan fingerprint density at radius 1 is 1.10 bits per heavy atom. The van der Waals surface area contributed by atoms with Crippen LogP contribution in [0.1, 0.15) is 42.1 Å². The van der Waals surface area contributed by atoms with E-state index in [-0.39, 0.29) is 11.8 Å². The lowest BCUT2D eigenvalue weighted by Gasteiger charge is -2.17. The predicted octanol–water partition coefficient (Wildman–Crippen LogP) is 4.21. The second-order valence-corrected chi connectivity index (χ2v) is 8.46. The predicted molar refractivity (Wildman–Crippen MR) is 113 cm³/mol. The van der Waals surface area contributed by atoms with Crippen LogP contribution >= 0.6 is 0 Å². The van der Waals surface area contributed by atoms with Crippen molar-refractivity contribution in [2.45, 2.75) is 51.6 Å². The monoisotopic (exact) mass is 389 g/mol. The van der Waals surface area contributed by atoms with Crippen molar-refractivity contribution in [2.75, 3.05) is 13.2 Å². The summed E-state index contributed by atoms with van der Waals surface area (Å²) in [5, 5.41) is 0. The number of imidazole rings is 1. The van der Waals surface area contributed by atoms with E-state index >= 15 is 0 Å². The number of aryl methyl sites for hydroxylation is 2. The zero-order valence-corrected chi connectivity index (χ0v) is 17.1. The van der Waals surface area contributed by atoms with Gasteiger partial charge in [-0.05, 0) is 62.1 Å². The molecular formula is C24H27N3O2. The van der Waals surface area contributed by atoms with Gasteiger partial charge in [-0.25, -0.2) is 4.98 Å². The highest BCUT2D eigenvalue weighted by molar-refractivity contribution is 5.81. The van der Waals surface area contributed by atoms with E-state index in [1.165, 1.54) is 11.1 Å². The van der Waals surface area contributed by atoms with Gasteiger partial charge in [0.25, 0.3) is 0 Å². The molecule has 150 valence electrons. The maximum absolute atomic E-state index is 12.5. The van der Waals surface area contributed by atoms with Crippen LogP contribution in [-0.4, -0.2) is 39.6 Å². The molecule has 29 heavy (non-hydrogen) atoms. The van der Waals surface area contributed by atoms with Crippen LogP contribution in [0, 0.1) is 13.8 Å². The molecule has 2 fully saturated rings. The van der Waals surface area contributed by atoms with Gasteiger partial charge in [-0.3, -0.25) is 4.79 Å². The standard InChI is InChI=1S/C24H27N3O2/c1-16-11-17(2)13-20(12-16)29-10-9-26-22-6-4-3-5-21(22)25-24(26)18-14-23(28)27(15-18)19-7-8-19/h3-6,11-13,18-19H,7-10,14-15H2,1-2H3. The van der Waals surface area contributed by atoms with E-state index in [2.05, 4.69) is 53.6 Å². The third kappa shape index (κ3) is 3.61. The molecule has 2 heterocycles. The number of fused-ring (bicyclic) bond motifs is 1. The molecule has 1 aromatic heterocycles. The first-order valence-electron chi connectivity index (χ1n) is 10.5. The number of hydrogen-bond donors (Lipinski definition) is 0. The molecule has 0 bridgehead atoms. The number of benzene rings is 2. The number of likely N-dealkylation sites (tertiary alicyclic amines) is 1. The van der Waals surface area contributed by atoms with Gasteiger partial charge in [-0.15, -0.1) is 0 Å². The summed E-state index contributed by atoms with van der Waals surface area (Å²) in [5.41, 5.74) is 4.52. The topological polar surface area (TPSA) is 47.4 Å². The minimum absolute atomic E-state index is 0.164. The molecule has 1 aliphatic heterocycles. The van der Waals surface area contributed by atoms with Gasteiger partial charge in [0.15, 0.2) is 0 Å².